The van der Waals surface area contributed by atoms with Crippen molar-refractivity contribution in [1.29, 1.82) is 0 Å². The van der Waals surface area contributed by atoms with E-state index in [1.807, 2.05) is 6.92 Å². The lowest BCUT2D eigenvalue weighted by molar-refractivity contribution is -0.0312. The molecule has 0 aromatic heterocycles. The maximum Gasteiger partial charge on any atom is 0.0673 e. The summed E-state index contributed by atoms with van der Waals surface area (Å²) in [4.78, 5) is 0. The first-order chi connectivity index (χ1) is 7.65. The van der Waals surface area contributed by atoms with Crippen LogP contribution in [0.5, 0.6) is 0 Å². The Morgan fingerprint density at radius 1 is 1.25 bits per heavy atom. The van der Waals surface area contributed by atoms with Crippen molar-refractivity contribution in [1.82, 2.24) is 0 Å². The highest BCUT2D eigenvalue weighted by Crippen LogP contribution is 2.51. The summed E-state index contributed by atoms with van der Waals surface area (Å²) in [5, 5.41) is 10.6. The molecule has 0 aromatic rings. The molecule has 3 fully saturated rings. The molecule has 16 heavy (non-hydrogen) atoms. The zero-order valence-electron chi connectivity index (χ0n) is 10.3. The summed E-state index contributed by atoms with van der Waals surface area (Å²) >= 11 is 0. The molecule has 0 amide bonds. The average Bonchev–Trinajstić information content (AvgIpc) is 2.94. The molecular weight excluding hydrogens is 200 g/mol. The molecule has 92 valence electrons. The molecule has 0 radical (unpaired) electrons. The number of ether oxygens (including phenoxy) is 1. The molecular formula is C14H24O2. The molecule has 2 bridgehead atoms. The lowest BCUT2D eigenvalue weighted by atomic mass is 9.76. The zero-order chi connectivity index (χ0) is 11.2. The van der Waals surface area contributed by atoms with Crippen LogP contribution in [0.4, 0.5) is 0 Å². The molecule has 0 spiro atoms. The third kappa shape index (κ3) is 1.91. The van der Waals surface area contributed by atoms with Crippen molar-refractivity contribution in [2.24, 2.45) is 23.7 Å². The van der Waals surface area contributed by atoms with Crippen LogP contribution in [0, 0.1) is 23.7 Å². The Morgan fingerprint density at radius 2 is 2.12 bits per heavy atom. The number of fused-ring (bicyclic) bond motifs is 2. The van der Waals surface area contributed by atoms with E-state index in [0.29, 0.717) is 5.92 Å². The van der Waals surface area contributed by atoms with Crippen LogP contribution in [0.1, 0.15) is 45.4 Å². The van der Waals surface area contributed by atoms with Gasteiger partial charge < -0.3 is 9.84 Å². The predicted molar refractivity (Wildman–Crippen MR) is 63.1 cm³/mol. The van der Waals surface area contributed by atoms with E-state index >= 15 is 0 Å². The Balaban J connectivity index is 1.60. The fourth-order valence-corrected chi connectivity index (χ4v) is 4.35. The second-order valence-corrected chi connectivity index (χ2v) is 6.56. The van der Waals surface area contributed by atoms with Crippen LogP contribution in [0.3, 0.4) is 0 Å². The summed E-state index contributed by atoms with van der Waals surface area (Å²) in [6.07, 6.45) is 7.77. The first kappa shape index (κ1) is 11.0. The van der Waals surface area contributed by atoms with Gasteiger partial charge in [0.05, 0.1) is 12.2 Å². The second-order valence-electron chi connectivity index (χ2n) is 6.56. The van der Waals surface area contributed by atoms with Crippen molar-refractivity contribution in [2.45, 2.75) is 51.0 Å². The normalized spacial score (nSPS) is 46.1. The van der Waals surface area contributed by atoms with Crippen molar-refractivity contribution in [3.8, 4) is 0 Å². The summed E-state index contributed by atoms with van der Waals surface area (Å²) < 4.78 is 5.41. The van der Waals surface area contributed by atoms with E-state index in [0.717, 1.165) is 43.8 Å². The fourth-order valence-electron chi connectivity index (χ4n) is 4.35. The van der Waals surface area contributed by atoms with Gasteiger partial charge in [-0.25, -0.2) is 0 Å². The van der Waals surface area contributed by atoms with Gasteiger partial charge in [-0.3, -0.25) is 0 Å². The van der Waals surface area contributed by atoms with Gasteiger partial charge in [0.1, 0.15) is 0 Å². The maximum absolute atomic E-state index is 10.6. The van der Waals surface area contributed by atoms with Gasteiger partial charge in [-0.05, 0) is 56.8 Å². The summed E-state index contributed by atoms with van der Waals surface area (Å²) in [6, 6.07) is 0. The van der Waals surface area contributed by atoms with Crippen LogP contribution in [-0.4, -0.2) is 23.9 Å². The predicted octanol–water partition coefficient (Wildman–Crippen LogP) is 2.60. The van der Waals surface area contributed by atoms with Crippen molar-refractivity contribution in [2.75, 3.05) is 13.2 Å². The SMILES string of the molecule is CC(O)(CC1CC2CCC1C2)C1CCOC1. The fraction of sp³-hybridized carbons (Fsp3) is 1.00. The molecule has 3 rings (SSSR count). The van der Waals surface area contributed by atoms with E-state index < -0.39 is 5.60 Å². The van der Waals surface area contributed by atoms with Gasteiger partial charge in [0, 0.05) is 12.5 Å². The van der Waals surface area contributed by atoms with E-state index in [1.54, 1.807) is 0 Å². The van der Waals surface area contributed by atoms with Crippen molar-refractivity contribution in [3.05, 3.63) is 0 Å². The Kier molecular flexibility index (Phi) is 2.75. The lowest BCUT2D eigenvalue weighted by Gasteiger charge is -2.34. The molecule has 5 unspecified atom stereocenters. The van der Waals surface area contributed by atoms with Crippen LogP contribution < -0.4 is 0 Å². The van der Waals surface area contributed by atoms with Gasteiger partial charge in [0.2, 0.25) is 0 Å². The molecule has 1 aliphatic heterocycles. The van der Waals surface area contributed by atoms with E-state index in [2.05, 4.69) is 0 Å². The maximum atomic E-state index is 10.6. The quantitative estimate of drug-likeness (QED) is 0.798. The second kappa shape index (κ2) is 3.99. The monoisotopic (exact) mass is 224 g/mol. The van der Waals surface area contributed by atoms with E-state index in [4.69, 9.17) is 4.74 Å². The van der Waals surface area contributed by atoms with Gasteiger partial charge in [-0.15, -0.1) is 0 Å². The topological polar surface area (TPSA) is 29.5 Å². The Labute approximate surface area is 98.4 Å². The summed E-state index contributed by atoms with van der Waals surface area (Å²) in [5.74, 6) is 3.10. The first-order valence-corrected chi connectivity index (χ1v) is 6.95. The largest absolute Gasteiger partial charge is 0.390 e. The van der Waals surface area contributed by atoms with Crippen LogP contribution in [-0.2, 0) is 4.74 Å². The van der Waals surface area contributed by atoms with Gasteiger partial charge in [0.15, 0.2) is 0 Å². The Bertz CT molecular complexity index is 255. The molecule has 1 saturated heterocycles. The highest BCUT2D eigenvalue weighted by atomic mass is 16.5. The van der Waals surface area contributed by atoms with Crippen molar-refractivity contribution in [3.63, 3.8) is 0 Å². The van der Waals surface area contributed by atoms with Crippen LogP contribution >= 0.6 is 0 Å². The lowest BCUT2D eigenvalue weighted by Crippen LogP contribution is -2.38. The average molecular weight is 224 g/mol. The van der Waals surface area contributed by atoms with Crippen LogP contribution in [0.2, 0.25) is 0 Å². The van der Waals surface area contributed by atoms with E-state index in [9.17, 15) is 5.11 Å². The van der Waals surface area contributed by atoms with Gasteiger partial charge in [-0.2, -0.15) is 0 Å². The summed E-state index contributed by atoms with van der Waals surface area (Å²) in [7, 11) is 0. The van der Waals surface area contributed by atoms with Gasteiger partial charge in [-0.1, -0.05) is 6.42 Å². The highest BCUT2D eigenvalue weighted by molar-refractivity contribution is 4.95. The van der Waals surface area contributed by atoms with Crippen LogP contribution in [0.25, 0.3) is 0 Å². The Hall–Kier alpha value is -0.0800. The highest BCUT2D eigenvalue weighted by Gasteiger charge is 2.44. The molecule has 0 aromatic carbocycles. The third-order valence-corrected chi connectivity index (χ3v) is 5.37. The van der Waals surface area contributed by atoms with Crippen molar-refractivity contribution < 1.29 is 9.84 Å². The molecule has 5 atom stereocenters. The third-order valence-electron chi connectivity index (χ3n) is 5.37. The van der Waals surface area contributed by atoms with Crippen molar-refractivity contribution >= 4 is 0 Å². The first-order valence-electron chi connectivity index (χ1n) is 6.95. The molecule has 1 N–H and O–H groups in total. The van der Waals surface area contributed by atoms with Gasteiger partial charge in [0.25, 0.3) is 0 Å². The van der Waals surface area contributed by atoms with E-state index in [1.165, 1.54) is 25.7 Å². The Morgan fingerprint density at radius 3 is 2.69 bits per heavy atom. The number of hydrogen-bond donors (Lipinski definition) is 1. The number of aliphatic hydroxyl groups is 1. The molecule has 2 saturated carbocycles. The summed E-state index contributed by atoms with van der Waals surface area (Å²) in [6.45, 7) is 3.66. The minimum Gasteiger partial charge on any atom is -0.390 e. The number of rotatable bonds is 3. The minimum absolute atomic E-state index is 0.381. The number of hydrogen-bond acceptors (Lipinski definition) is 2. The molecule has 2 aliphatic carbocycles. The summed E-state index contributed by atoms with van der Waals surface area (Å²) in [5.41, 5.74) is -0.481. The molecule has 3 aliphatic rings. The van der Waals surface area contributed by atoms with Crippen LogP contribution in [0.15, 0.2) is 0 Å². The smallest absolute Gasteiger partial charge is 0.0673 e. The molecule has 2 nitrogen and oxygen atoms in total. The molecule has 1 heterocycles. The standard InChI is InChI=1S/C14H24O2/c1-14(15,13-4-5-16-9-13)8-12-7-10-2-3-11(12)6-10/h10-13,15H,2-9H2,1H3. The van der Waals surface area contributed by atoms with E-state index in [-0.39, 0.29) is 0 Å². The molecule has 2 heteroatoms. The van der Waals surface area contributed by atoms with Gasteiger partial charge >= 0.3 is 0 Å². The zero-order valence-corrected chi connectivity index (χ0v) is 10.3. The minimum atomic E-state index is -0.481.